The molecule has 3 N–H and O–H groups in total. The number of aromatic nitrogens is 1. The second kappa shape index (κ2) is 8.84. The molecule has 0 aromatic carbocycles. The fourth-order valence-corrected chi connectivity index (χ4v) is 1.95. The largest absolute Gasteiger partial charge is 0.467 e. The third-order valence-corrected chi connectivity index (χ3v) is 3.04. The highest BCUT2D eigenvalue weighted by molar-refractivity contribution is 5.79. The average molecular weight is 302 g/mol. The fourth-order valence-electron chi connectivity index (χ4n) is 1.95. The van der Waals surface area contributed by atoms with Gasteiger partial charge in [0.05, 0.1) is 12.8 Å². The minimum Gasteiger partial charge on any atom is -0.467 e. The van der Waals surface area contributed by atoms with Crippen LogP contribution in [-0.4, -0.2) is 35.7 Å². The molecule has 0 spiro atoms. The zero-order chi connectivity index (χ0) is 15.6. The van der Waals surface area contributed by atoms with E-state index in [1.54, 1.807) is 24.6 Å². The van der Waals surface area contributed by atoms with Crippen molar-refractivity contribution in [1.29, 1.82) is 0 Å². The minimum absolute atomic E-state index is 0.242. The standard InChI is InChI=1S/C16H22N4O2/c1-2-17-16(19-10-8-13-6-3-4-9-18-13)20-12-14(21)15-7-5-11-22-15/h3-7,9,11,14,21H,2,8,10,12H2,1H3,(H2,17,19,20). The highest BCUT2D eigenvalue weighted by Crippen LogP contribution is 2.12. The van der Waals surface area contributed by atoms with Crippen LogP contribution >= 0.6 is 0 Å². The predicted molar refractivity (Wildman–Crippen MR) is 85.6 cm³/mol. The van der Waals surface area contributed by atoms with E-state index < -0.39 is 6.10 Å². The topological polar surface area (TPSA) is 82.7 Å². The predicted octanol–water partition coefficient (Wildman–Crippen LogP) is 1.51. The Morgan fingerprint density at radius 1 is 1.32 bits per heavy atom. The number of rotatable bonds is 7. The quantitative estimate of drug-likeness (QED) is 0.533. The van der Waals surface area contributed by atoms with Crippen LogP contribution in [-0.2, 0) is 6.42 Å². The first-order valence-electron chi connectivity index (χ1n) is 7.43. The van der Waals surface area contributed by atoms with Gasteiger partial charge in [-0.15, -0.1) is 0 Å². The van der Waals surface area contributed by atoms with Crippen molar-refractivity contribution in [1.82, 2.24) is 15.6 Å². The molecule has 0 aliphatic rings. The zero-order valence-electron chi connectivity index (χ0n) is 12.7. The molecule has 22 heavy (non-hydrogen) atoms. The average Bonchev–Trinajstić information content (AvgIpc) is 3.08. The number of aliphatic hydroxyl groups is 1. The van der Waals surface area contributed by atoms with Crippen LogP contribution in [0.2, 0.25) is 0 Å². The minimum atomic E-state index is -0.735. The number of nitrogens with one attached hydrogen (secondary N) is 2. The van der Waals surface area contributed by atoms with Crippen LogP contribution in [0.15, 0.2) is 52.2 Å². The van der Waals surface area contributed by atoms with Gasteiger partial charge in [-0.1, -0.05) is 6.07 Å². The lowest BCUT2D eigenvalue weighted by Crippen LogP contribution is -2.38. The van der Waals surface area contributed by atoms with Crippen molar-refractivity contribution in [3.05, 3.63) is 54.2 Å². The molecule has 0 saturated heterocycles. The summed E-state index contributed by atoms with van der Waals surface area (Å²) in [5.41, 5.74) is 1.03. The molecule has 2 heterocycles. The highest BCUT2D eigenvalue weighted by atomic mass is 16.4. The number of aliphatic hydroxyl groups excluding tert-OH is 1. The van der Waals surface area contributed by atoms with Crippen LogP contribution in [0.25, 0.3) is 0 Å². The molecular weight excluding hydrogens is 280 g/mol. The van der Waals surface area contributed by atoms with E-state index in [9.17, 15) is 5.11 Å². The molecule has 2 rings (SSSR count). The van der Waals surface area contributed by atoms with Crippen LogP contribution in [0.1, 0.15) is 24.5 Å². The van der Waals surface area contributed by atoms with Gasteiger partial charge in [-0.3, -0.25) is 9.98 Å². The van der Waals surface area contributed by atoms with E-state index in [1.807, 2.05) is 25.1 Å². The first-order valence-corrected chi connectivity index (χ1v) is 7.43. The molecule has 1 unspecified atom stereocenters. The maximum Gasteiger partial charge on any atom is 0.191 e. The van der Waals surface area contributed by atoms with E-state index in [2.05, 4.69) is 20.6 Å². The van der Waals surface area contributed by atoms with Crippen LogP contribution in [0.4, 0.5) is 0 Å². The Kier molecular flexibility index (Phi) is 6.44. The number of nitrogens with zero attached hydrogens (tertiary/aromatic N) is 2. The Hall–Kier alpha value is -2.34. The summed E-state index contributed by atoms with van der Waals surface area (Å²) in [6, 6.07) is 9.35. The van der Waals surface area contributed by atoms with Gasteiger partial charge >= 0.3 is 0 Å². The second-order valence-electron chi connectivity index (χ2n) is 4.75. The summed E-state index contributed by atoms with van der Waals surface area (Å²) in [6.45, 7) is 3.72. The van der Waals surface area contributed by atoms with E-state index in [0.29, 0.717) is 11.7 Å². The molecule has 0 amide bonds. The van der Waals surface area contributed by atoms with Crippen LogP contribution in [0.5, 0.6) is 0 Å². The van der Waals surface area contributed by atoms with E-state index in [0.717, 1.165) is 25.2 Å². The molecule has 118 valence electrons. The first-order chi connectivity index (χ1) is 10.8. The van der Waals surface area contributed by atoms with Gasteiger partial charge in [-0.05, 0) is 31.2 Å². The summed E-state index contributed by atoms with van der Waals surface area (Å²) < 4.78 is 5.16. The normalized spacial score (nSPS) is 12.9. The number of pyridine rings is 1. The molecule has 0 saturated carbocycles. The first kappa shape index (κ1) is 16.0. The van der Waals surface area contributed by atoms with Crippen molar-refractivity contribution >= 4 is 5.96 Å². The molecule has 0 radical (unpaired) electrons. The van der Waals surface area contributed by atoms with Crippen molar-refractivity contribution in [2.24, 2.45) is 4.99 Å². The molecule has 0 fully saturated rings. The summed E-state index contributed by atoms with van der Waals surface area (Å²) in [6.07, 6.45) is 3.40. The lowest BCUT2D eigenvalue weighted by atomic mass is 10.3. The van der Waals surface area contributed by atoms with Crippen molar-refractivity contribution < 1.29 is 9.52 Å². The second-order valence-corrected chi connectivity index (χ2v) is 4.75. The van der Waals surface area contributed by atoms with Crippen molar-refractivity contribution in [2.45, 2.75) is 19.4 Å². The maximum atomic E-state index is 9.96. The van der Waals surface area contributed by atoms with Crippen LogP contribution in [0, 0.1) is 0 Å². The van der Waals surface area contributed by atoms with Gasteiger partial charge in [0.1, 0.15) is 11.9 Å². The lowest BCUT2D eigenvalue weighted by Gasteiger charge is -2.12. The summed E-state index contributed by atoms with van der Waals surface area (Å²) in [4.78, 5) is 8.64. The van der Waals surface area contributed by atoms with Crippen molar-refractivity contribution in [3.63, 3.8) is 0 Å². The maximum absolute atomic E-state index is 9.96. The van der Waals surface area contributed by atoms with E-state index in [-0.39, 0.29) is 6.54 Å². The summed E-state index contributed by atoms with van der Waals surface area (Å²) >= 11 is 0. The Morgan fingerprint density at radius 2 is 2.23 bits per heavy atom. The summed E-state index contributed by atoms with van der Waals surface area (Å²) in [7, 11) is 0. The molecular formula is C16H22N4O2. The Labute approximate surface area is 130 Å². The Morgan fingerprint density at radius 3 is 2.91 bits per heavy atom. The van der Waals surface area contributed by atoms with Crippen LogP contribution in [0.3, 0.4) is 0 Å². The smallest absolute Gasteiger partial charge is 0.191 e. The van der Waals surface area contributed by atoms with Gasteiger partial charge in [-0.25, -0.2) is 0 Å². The third kappa shape index (κ3) is 5.21. The number of hydrogen-bond donors (Lipinski definition) is 3. The molecule has 0 bridgehead atoms. The zero-order valence-corrected chi connectivity index (χ0v) is 12.7. The van der Waals surface area contributed by atoms with Gasteiger partial charge in [-0.2, -0.15) is 0 Å². The van der Waals surface area contributed by atoms with E-state index >= 15 is 0 Å². The van der Waals surface area contributed by atoms with E-state index in [4.69, 9.17) is 4.42 Å². The van der Waals surface area contributed by atoms with Gasteiger partial charge in [0.15, 0.2) is 5.96 Å². The summed E-state index contributed by atoms with van der Waals surface area (Å²) in [5.74, 6) is 1.19. The number of guanidine groups is 1. The van der Waals surface area contributed by atoms with Crippen molar-refractivity contribution in [3.8, 4) is 0 Å². The lowest BCUT2D eigenvalue weighted by molar-refractivity contribution is 0.158. The molecule has 6 heteroatoms. The van der Waals surface area contributed by atoms with Crippen molar-refractivity contribution in [2.75, 3.05) is 19.6 Å². The molecule has 1 atom stereocenters. The van der Waals surface area contributed by atoms with Gasteiger partial charge in [0.2, 0.25) is 0 Å². The number of furan rings is 1. The number of hydrogen-bond acceptors (Lipinski definition) is 4. The molecule has 2 aromatic rings. The number of aliphatic imine (C=N–C) groups is 1. The monoisotopic (exact) mass is 302 g/mol. The van der Waals surface area contributed by atoms with Gasteiger partial charge in [0.25, 0.3) is 0 Å². The third-order valence-electron chi connectivity index (χ3n) is 3.04. The highest BCUT2D eigenvalue weighted by Gasteiger charge is 2.09. The summed E-state index contributed by atoms with van der Waals surface area (Å²) in [5, 5.41) is 16.3. The molecule has 2 aromatic heterocycles. The Bertz CT molecular complexity index is 555. The van der Waals surface area contributed by atoms with Crippen LogP contribution < -0.4 is 10.6 Å². The molecule has 0 aliphatic heterocycles. The Balaban J connectivity index is 1.82. The molecule has 0 aliphatic carbocycles. The fraction of sp³-hybridized carbons (Fsp3) is 0.375. The van der Waals surface area contributed by atoms with Gasteiger partial charge in [0, 0.05) is 31.4 Å². The SMILES string of the molecule is CCNC(=NCC(O)c1ccco1)NCCc1ccccn1. The molecule has 6 nitrogen and oxygen atoms in total. The van der Waals surface area contributed by atoms with Gasteiger partial charge < -0.3 is 20.2 Å². The van der Waals surface area contributed by atoms with E-state index in [1.165, 1.54) is 0 Å².